The first kappa shape index (κ1) is 12.3. The predicted octanol–water partition coefficient (Wildman–Crippen LogP) is 3.28. The van der Waals surface area contributed by atoms with E-state index in [9.17, 15) is 4.79 Å². The maximum Gasteiger partial charge on any atom is 0.257 e. The molecule has 1 amide bonds. The molecular weight excluding hydrogens is 258 g/mol. The molecule has 5 heteroatoms. The van der Waals surface area contributed by atoms with Crippen molar-refractivity contribution in [1.82, 2.24) is 10.2 Å². The third-order valence-corrected chi connectivity index (χ3v) is 4.07. The van der Waals surface area contributed by atoms with Gasteiger partial charge in [-0.05, 0) is 38.8 Å². The van der Waals surface area contributed by atoms with E-state index in [2.05, 4.69) is 15.5 Å². The van der Waals surface area contributed by atoms with Crippen LogP contribution >= 0.6 is 11.3 Å². The molecule has 19 heavy (non-hydrogen) atoms. The molecule has 1 heterocycles. The molecule has 0 atom stereocenters. The molecule has 0 unspecified atom stereocenters. The van der Waals surface area contributed by atoms with Gasteiger partial charge in [-0.1, -0.05) is 28.5 Å². The van der Waals surface area contributed by atoms with Gasteiger partial charge in [0, 0.05) is 11.5 Å². The molecule has 0 saturated heterocycles. The Morgan fingerprint density at radius 2 is 1.89 bits per heavy atom. The third kappa shape index (κ3) is 2.81. The van der Waals surface area contributed by atoms with Gasteiger partial charge in [-0.15, -0.1) is 10.2 Å². The van der Waals surface area contributed by atoms with Crippen LogP contribution in [0.1, 0.15) is 45.3 Å². The first-order valence-corrected chi connectivity index (χ1v) is 7.16. The molecule has 4 nitrogen and oxygen atoms in total. The molecule has 1 aliphatic carbocycles. The zero-order valence-electron chi connectivity index (χ0n) is 10.9. The predicted molar refractivity (Wildman–Crippen MR) is 75.8 cm³/mol. The number of hydrogen-bond acceptors (Lipinski definition) is 4. The highest BCUT2D eigenvalue weighted by molar-refractivity contribution is 7.15. The summed E-state index contributed by atoms with van der Waals surface area (Å²) in [5, 5.41) is 12.6. The van der Waals surface area contributed by atoms with E-state index in [1.165, 1.54) is 24.2 Å². The smallest absolute Gasteiger partial charge is 0.257 e. The molecule has 0 bridgehead atoms. The lowest BCUT2D eigenvalue weighted by molar-refractivity contribution is 0.102. The van der Waals surface area contributed by atoms with Gasteiger partial charge < -0.3 is 0 Å². The second-order valence-corrected chi connectivity index (χ2v) is 6.06. The van der Waals surface area contributed by atoms with E-state index in [4.69, 9.17) is 0 Å². The molecule has 1 saturated carbocycles. The van der Waals surface area contributed by atoms with Crippen LogP contribution in [0.4, 0.5) is 5.13 Å². The lowest BCUT2D eigenvalue weighted by Gasteiger charge is -2.04. The van der Waals surface area contributed by atoms with Crippen LogP contribution < -0.4 is 5.32 Å². The van der Waals surface area contributed by atoms with Crippen LogP contribution in [0, 0.1) is 13.8 Å². The quantitative estimate of drug-likeness (QED) is 0.933. The number of nitrogens with zero attached hydrogens (tertiary/aromatic N) is 2. The SMILES string of the molecule is Cc1cc(C)cc(C(=O)Nc2nnc(C3CC3)s2)c1. The number of aryl methyl sites for hydroxylation is 2. The zero-order chi connectivity index (χ0) is 13.4. The Hall–Kier alpha value is -1.75. The molecule has 1 N–H and O–H groups in total. The summed E-state index contributed by atoms with van der Waals surface area (Å²) in [7, 11) is 0. The summed E-state index contributed by atoms with van der Waals surface area (Å²) in [6.45, 7) is 3.97. The summed E-state index contributed by atoms with van der Waals surface area (Å²) in [6.07, 6.45) is 2.39. The number of carbonyl (C=O) groups is 1. The number of carbonyl (C=O) groups excluding carboxylic acids is 1. The maximum absolute atomic E-state index is 12.1. The van der Waals surface area contributed by atoms with Crippen LogP contribution in [-0.2, 0) is 0 Å². The van der Waals surface area contributed by atoms with E-state index < -0.39 is 0 Å². The molecule has 1 aliphatic rings. The Balaban J connectivity index is 1.75. The lowest BCUT2D eigenvalue weighted by atomic mass is 10.1. The Morgan fingerprint density at radius 1 is 1.21 bits per heavy atom. The molecule has 3 rings (SSSR count). The molecule has 98 valence electrons. The second-order valence-electron chi connectivity index (χ2n) is 5.05. The summed E-state index contributed by atoms with van der Waals surface area (Å²) < 4.78 is 0. The summed E-state index contributed by atoms with van der Waals surface area (Å²) in [5.41, 5.74) is 2.84. The van der Waals surface area contributed by atoms with Gasteiger partial charge in [0.1, 0.15) is 5.01 Å². The van der Waals surface area contributed by atoms with Gasteiger partial charge >= 0.3 is 0 Å². The van der Waals surface area contributed by atoms with Crippen molar-refractivity contribution in [2.24, 2.45) is 0 Å². The largest absolute Gasteiger partial charge is 0.296 e. The highest BCUT2D eigenvalue weighted by Crippen LogP contribution is 2.42. The number of benzene rings is 1. The van der Waals surface area contributed by atoms with E-state index in [-0.39, 0.29) is 5.91 Å². The Labute approximate surface area is 115 Å². The Kier molecular flexibility index (Phi) is 3.06. The van der Waals surface area contributed by atoms with Crippen molar-refractivity contribution in [1.29, 1.82) is 0 Å². The van der Waals surface area contributed by atoms with Crippen molar-refractivity contribution in [3.63, 3.8) is 0 Å². The van der Waals surface area contributed by atoms with Crippen LogP contribution in [0.3, 0.4) is 0 Å². The van der Waals surface area contributed by atoms with Gasteiger partial charge in [0.15, 0.2) is 0 Å². The molecule has 0 spiro atoms. The van der Waals surface area contributed by atoms with Crippen molar-refractivity contribution in [3.8, 4) is 0 Å². The fourth-order valence-corrected chi connectivity index (χ4v) is 2.96. The van der Waals surface area contributed by atoms with E-state index in [0.717, 1.165) is 16.1 Å². The lowest BCUT2D eigenvalue weighted by Crippen LogP contribution is -2.12. The Morgan fingerprint density at radius 3 is 2.53 bits per heavy atom. The van der Waals surface area contributed by atoms with Crippen LogP contribution in [0.15, 0.2) is 18.2 Å². The highest BCUT2D eigenvalue weighted by atomic mass is 32.1. The van der Waals surface area contributed by atoms with E-state index >= 15 is 0 Å². The van der Waals surface area contributed by atoms with Crippen molar-refractivity contribution in [3.05, 3.63) is 39.9 Å². The number of amides is 1. The average Bonchev–Trinajstić information content (AvgIpc) is 3.09. The minimum absolute atomic E-state index is 0.120. The van der Waals surface area contributed by atoms with Gasteiger partial charge in [0.2, 0.25) is 5.13 Å². The van der Waals surface area contributed by atoms with Gasteiger partial charge in [-0.25, -0.2) is 0 Å². The van der Waals surface area contributed by atoms with E-state index in [1.807, 2.05) is 32.0 Å². The Bertz CT molecular complexity index is 611. The van der Waals surface area contributed by atoms with Gasteiger partial charge in [-0.3, -0.25) is 10.1 Å². The third-order valence-electron chi connectivity index (χ3n) is 3.07. The molecular formula is C14H15N3OS. The number of rotatable bonds is 3. The summed E-state index contributed by atoms with van der Waals surface area (Å²) >= 11 is 1.48. The second kappa shape index (κ2) is 4.74. The summed E-state index contributed by atoms with van der Waals surface area (Å²) in [4.78, 5) is 12.1. The molecule has 1 fully saturated rings. The van der Waals surface area contributed by atoms with Gasteiger partial charge in [-0.2, -0.15) is 0 Å². The van der Waals surface area contributed by atoms with E-state index in [1.54, 1.807) is 0 Å². The number of aromatic nitrogens is 2. The zero-order valence-corrected chi connectivity index (χ0v) is 11.8. The number of hydrogen-bond donors (Lipinski definition) is 1. The minimum Gasteiger partial charge on any atom is -0.296 e. The fraction of sp³-hybridized carbons (Fsp3) is 0.357. The fourth-order valence-electron chi connectivity index (χ4n) is 2.06. The van der Waals surface area contributed by atoms with Crippen molar-refractivity contribution in [2.45, 2.75) is 32.6 Å². The molecule has 0 radical (unpaired) electrons. The van der Waals surface area contributed by atoms with Crippen LogP contribution in [0.2, 0.25) is 0 Å². The number of anilines is 1. The molecule has 2 aromatic rings. The van der Waals surface area contributed by atoms with Gasteiger partial charge in [0.05, 0.1) is 0 Å². The average molecular weight is 273 g/mol. The summed E-state index contributed by atoms with van der Waals surface area (Å²) in [6, 6.07) is 5.81. The topological polar surface area (TPSA) is 54.9 Å². The molecule has 1 aromatic heterocycles. The van der Waals surface area contributed by atoms with Gasteiger partial charge in [0.25, 0.3) is 5.91 Å². The maximum atomic E-state index is 12.1. The van der Waals surface area contributed by atoms with Crippen LogP contribution in [-0.4, -0.2) is 16.1 Å². The number of nitrogens with one attached hydrogen (secondary N) is 1. The first-order valence-electron chi connectivity index (χ1n) is 6.35. The minimum atomic E-state index is -0.120. The van der Waals surface area contributed by atoms with Crippen molar-refractivity contribution < 1.29 is 4.79 Å². The van der Waals surface area contributed by atoms with Crippen molar-refractivity contribution >= 4 is 22.4 Å². The highest BCUT2D eigenvalue weighted by Gasteiger charge is 2.27. The van der Waals surface area contributed by atoms with E-state index in [0.29, 0.717) is 16.6 Å². The molecule has 0 aliphatic heterocycles. The summed E-state index contributed by atoms with van der Waals surface area (Å²) in [5.74, 6) is 0.453. The standard InChI is InChI=1S/C14H15N3OS/c1-8-5-9(2)7-11(6-8)12(18)15-14-17-16-13(19-14)10-3-4-10/h5-7,10H,3-4H2,1-2H3,(H,15,17,18). The first-order chi connectivity index (χ1) is 9.11. The van der Waals surface area contributed by atoms with Crippen molar-refractivity contribution in [2.75, 3.05) is 5.32 Å². The van der Waals surface area contributed by atoms with Crippen LogP contribution in [0.5, 0.6) is 0 Å². The monoisotopic (exact) mass is 273 g/mol. The molecule has 1 aromatic carbocycles. The van der Waals surface area contributed by atoms with Crippen LogP contribution in [0.25, 0.3) is 0 Å². The normalized spacial score (nSPS) is 14.4.